The maximum Gasteiger partial charge on any atom is 0.165 e. The van der Waals surface area contributed by atoms with E-state index in [4.69, 9.17) is 5.11 Å². The molecule has 0 spiro atoms. The summed E-state index contributed by atoms with van der Waals surface area (Å²) in [6.07, 6.45) is 0.276. The minimum absolute atomic E-state index is 0.0553. The minimum Gasteiger partial charge on any atom is -0.505 e. The van der Waals surface area contributed by atoms with Gasteiger partial charge in [-0.1, -0.05) is 0 Å². The van der Waals surface area contributed by atoms with Crippen molar-refractivity contribution in [1.82, 2.24) is 0 Å². The Kier molecular flexibility index (Phi) is 2.38. The summed E-state index contributed by atoms with van der Waals surface area (Å²) in [6.45, 7) is 0. The van der Waals surface area contributed by atoms with E-state index in [1.807, 2.05) is 0 Å². The number of aromatic hydroxyl groups is 1. The topological polar surface area (TPSA) is 37.3 Å². The molecule has 1 rings (SSSR count). The number of carbonyl (C=O) groups excluding carboxylic acids is 1. The molecule has 64 valence electrons. The van der Waals surface area contributed by atoms with Crippen molar-refractivity contribution in [3.63, 3.8) is 0 Å². The van der Waals surface area contributed by atoms with Gasteiger partial charge in [-0.25, -0.2) is 8.78 Å². The number of phenols is 1. The van der Waals surface area contributed by atoms with E-state index < -0.39 is 17.4 Å². The van der Waals surface area contributed by atoms with Crippen LogP contribution in [0, 0.1) is 11.6 Å². The predicted molar refractivity (Wildman–Crippen MR) is 37.8 cm³/mol. The highest BCUT2D eigenvalue weighted by molar-refractivity contribution is 5.55. The largest absolute Gasteiger partial charge is 0.505 e. The SMILES string of the molecule is O=CCc1cc(F)c(O)cc1F. The highest BCUT2D eigenvalue weighted by Gasteiger charge is 2.07. The van der Waals surface area contributed by atoms with Crippen LogP contribution < -0.4 is 0 Å². The van der Waals surface area contributed by atoms with E-state index in [0.717, 1.165) is 6.07 Å². The number of hydrogen-bond acceptors (Lipinski definition) is 2. The molecule has 2 nitrogen and oxygen atoms in total. The van der Waals surface area contributed by atoms with Gasteiger partial charge in [-0.05, 0) is 11.6 Å². The highest BCUT2D eigenvalue weighted by atomic mass is 19.1. The first kappa shape index (κ1) is 8.64. The summed E-state index contributed by atoms with van der Waals surface area (Å²) in [5.41, 5.74) is -0.0553. The van der Waals surface area contributed by atoms with Gasteiger partial charge in [0.1, 0.15) is 12.1 Å². The third-order valence-electron chi connectivity index (χ3n) is 1.42. The zero-order valence-corrected chi connectivity index (χ0v) is 6.05. The van der Waals surface area contributed by atoms with Crippen LogP contribution in [0.15, 0.2) is 12.1 Å². The molecule has 0 atom stereocenters. The number of halogens is 2. The van der Waals surface area contributed by atoms with Gasteiger partial charge < -0.3 is 9.90 Å². The molecule has 0 saturated heterocycles. The monoisotopic (exact) mass is 172 g/mol. The van der Waals surface area contributed by atoms with Gasteiger partial charge in [0.05, 0.1) is 0 Å². The summed E-state index contributed by atoms with van der Waals surface area (Å²) in [5.74, 6) is -2.45. The predicted octanol–water partition coefficient (Wildman–Crippen LogP) is 1.41. The Morgan fingerprint density at radius 3 is 2.58 bits per heavy atom. The maximum atomic E-state index is 12.7. The van der Waals surface area contributed by atoms with Crippen LogP contribution in [-0.2, 0) is 11.2 Å². The van der Waals surface area contributed by atoms with Gasteiger partial charge in [-0.2, -0.15) is 0 Å². The second kappa shape index (κ2) is 3.30. The molecule has 0 fully saturated rings. The Morgan fingerprint density at radius 2 is 2.00 bits per heavy atom. The third kappa shape index (κ3) is 1.58. The summed E-state index contributed by atoms with van der Waals surface area (Å²) in [7, 11) is 0. The zero-order valence-electron chi connectivity index (χ0n) is 6.05. The molecule has 0 bridgehead atoms. The highest BCUT2D eigenvalue weighted by Crippen LogP contribution is 2.19. The lowest BCUT2D eigenvalue weighted by atomic mass is 10.1. The van der Waals surface area contributed by atoms with Crippen LogP contribution in [0.5, 0.6) is 5.75 Å². The van der Waals surface area contributed by atoms with Crippen molar-refractivity contribution in [2.45, 2.75) is 6.42 Å². The molecular weight excluding hydrogens is 166 g/mol. The molecule has 0 aliphatic rings. The standard InChI is InChI=1S/C8H6F2O2/c9-6-4-8(12)7(10)3-5(6)1-2-11/h2-4,12H,1H2. The van der Waals surface area contributed by atoms with Crippen LogP contribution in [0.1, 0.15) is 5.56 Å². The van der Waals surface area contributed by atoms with Crippen LogP contribution in [0.3, 0.4) is 0 Å². The Hall–Kier alpha value is -1.45. The minimum atomic E-state index is -0.923. The van der Waals surface area contributed by atoms with E-state index in [1.54, 1.807) is 0 Å². The number of aldehydes is 1. The van der Waals surface area contributed by atoms with Gasteiger partial charge in [-0.15, -0.1) is 0 Å². The number of benzene rings is 1. The Balaban J connectivity index is 3.13. The molecule has 12 heavy (non-hydrogen) atoms. The van der Waals surface area contributed by atoms with Crippen LogP contribution in [0.25, 0.3) is 0 Å². The molecule has 1 N–H and O–H groups in total. The summed E-state index contributed by atoms with van der Waals surface area (Å²) in [4.78, 5) is 9.97. The van der Waals surface area contributed by atoms with Crippen molar-refractivity contribution >= 4 is 6.29 Å². The van der Waals surface area contributed by atoms with E-state index in [2.05, 4.69) is 0 Å². The van der Waals surface area contributed by atoms with Crippen molar-refractivity contribution in [3.8, 4) is 5.75 Å². The summed E-state index contributed by atoms with van der Waals surface area (Å²) < 4.78 is 25.3. The van der Waals surface area contributed by atoms with Gasteiger partial charge >= 0.3 is 0 Å². The molecule has 1 aromatic rings. The number of rotatable bonds is 2. The van der Waals surface area contributed by atoms with Crippen LogP contribution >= 0.6 is 0 Å². The zero-order chi connectivity index (χ0) is 9.14. The number of carbonyl (C=O) groups is 1. The van der Waals surface area contributed by atoms with E-state index in [9.17, 15) is 13.6 Å². The van der Waals surface area contributed by atoms with Gasteiger partial charge in [-0.3, -0.25) is 0 Å². The first-order valence-electron chi connectivity index (χ1n) is 3.25. The van der Waals surface area contributed by atoms with Gasteiger partial charge in [0.15, 0.2) is 11.6 Å². The van der Waals surface area contributed by atoms with Crippen molar-refractivity contribution in [3.05, 3.63) is 29.3 Å². The first-order chi connectivity index (χ1) is 5.65. The van der Waals surface area contributed by atoms with Crippen molar-refractivity contribution in [2.24, 2.45) is 0 Å². The first-order valence-corrected chi connectivity index (χ1v) is 3.25. The lowest BCUT2D eigenvalue weighted by Crippen LogP contribution is -1.93. The average molecular weight is 172 g/mol. The van der Waals surface area contributed by atoms with E-state index >= 15 is 0 Å². The fourth-order valence-electron chi connectivity index (χ4n) is 0.824. The summed E-state index contributed by atoms with van der Waals surface area (Å²) in [5, 5.41) is 8.69. The molecule has 0 aliphatic carbocycles. The molecule has 1 aromatic carbocycles. The second-order valence-electron chi connectivity index (χ2n) is 2.27. The van der Waals surface area contributed by atoms with Gasteiger partial charge in [0.25, 0.3) is 0 Å². The lowest BCUT2D eigenvalue weighted by molar-refractivity contribution is -0.107. The van der Waals surface area contributed by atoms with Gasteiger partial charge in [0.2, 0.25) is 0 Å². The maximum absolute atomic E-state index is 12.7. The normalized spacial score (nSPS) is 9.83. The Bertz CT molecular complexity index is 310. The average Bonchev–Trinajstić information content (AvgIpc) is 2.01. The third-order valence-corrected chi connectivity index (χ3v) is 1.42. The number of phenolic OH excluding ortho intramolecular Hbond substituents is 1. The molecule has 0 aliphatic heterocycles. The van der Waals surface area contributed by atoms with Crippen LogP contribution in [0.4, 0.5) is 8.78 Å². The Morgan fingerprint density at radius 1 is 1.33 bits per heavy atom. The van der Waals surface area contributed by atoms with Crippen molar-refractivity contribution in [1.29, 1.82) is 0 Å². The molecule has 4 heteroatoms. The summed E-state index contributed by atoms with van der Waals surface area (Å²) >= 11 is 0. The van der Waals surface area contributed by atoms with Crippen LogP contribution in [-0.4, -0.2) is 11.4 Å². The Labute approximate surface area is 67.4 Å². The fourth-order valence-corrected chi connectivity index (χ4v) is 0.824. The summed E-state index contributed by atoms with van der Waals surface area (Å²) in [6, 6.07) is 1.45. The second-order valence-corrected chi connectivity index (χ2v) is 2.27. The molecule has 0 radical (unpaired) electrons. The van der Waals surface area contributed by atoms with Gasteiger partial charge in [0, 0.05) is 12.5 Å². The lowest BCUT2D eigenvalue weighted by Gasteiger charge is -2.00. The quantitative estimate of drug-likeness (QED) is 0.685. The van der Waals surface area contributed by atoms with Crippen molar-refractivity contribution < 1.29 is 18.7 Å². The van der Waals surface area contributed by atoms with E-state index in [0.29, 0.717) is 12.4 Å². The molecular formula is C8H6F2O2. The molecule has 0 heterocycles. The molecule has 0 amide bonds. The molecule has 0 unspecified atom stereocenters. The van der Waals surface area contributed by atoms with E-state index in [1.165, 1.54) is 0 Å². The molecule has 0 aromatic heterocycles. The number of hydrogen-bond donors (Lipinski definition) is 1. The smallest absolute Gasteiger partial charge is 0.165 e. The fraction of sp³-hybridized carbons (Fsp3) is 0.125. The van der Waals surface area contributed by atoms with Crippen LogP contribution in [0.2, 0.25) is 0 Å². The van der Waals surface area contributed by atoms with E-state index in [-0.39, 0.29) is 12.0 Å². The van der Waals surface area contributed by atoms with Crippen molar-refractivity contribution in [2.75, 3.05) is 0 Å². The molecule has 0 saturated carbocycles.